The van der Waals surface area contributed by atoms with Crippen molar-refractivity contribution in [1.29, 1.82) is 0 Å². The number of carboxylic acids is 1. The molecule has 1 aromatic rings. The van der Waals surface area contributed by atoms with Crippen LogP contribution in [0.2, 0.25) is 0 Å². The molecule has 0 saturated carbocycles. The molecule has 2 amide bonds. The van der Waals surface area contributed by atoms with E-state index in [9.17, 15) is 14.4 Å². The van der Waals surface area contributed by atoms with Gasteiger partial charge in [-0.2, -0.15) is 0 Å². The molecule has 1 aliphatic rings. The Morgan fingerprint density at radius 3 is 2.56 bits per heavy atom. The van der Waals surface area contributed by atoms with Crippen molar-refractivity contribution in [2.75, 3.05) is 13.1 Å². The molecule has 2 rings (SSSR count). The van der Waals surface area contributed by atoms with Crippen molar-refractivity contribution in [3.8, 4) is 0 Å². The van der Waals surface area contributed by atoms with E-state index in [0.29, 0.717) is 31.5 Å². The first kappa shape index (κ1) is 19.0. The van der Waals surface area contributed by atoms with Crippen molar-refractivity contribution in [3.05, 3.63) is 35.9 Å². The molecule has 1 fully saturated rings. The Bertz CT molecular complexity index is 617. The molecule has 6 nitrogen and oxygen atoms in total. The molecule has 1 atom stereocenters. The number of nitrogens with zero attached hydrogens (tertiary/aromatic N) is 1. The first-order chi connectivity index (χ1) is 11.9. The van der Waals surface area contributed by atoms with Gasteiger partial charge in [-0.3, -0.25) is 14.4 Å². The summed E-state index contributed by atoms with van der Waals surface area (Å²) in [5, 5.41) is 11.5. The molecule has 0 bridgehead atoms. The Kier molecular flexibility index (Phi) is 6.56. The number of aliphatic carboxylic acids is 1. The minimum absolute atomic E-state index is 0.114. The van der Waals surface area contributed by atoms with E-state index in [1.54, 1.807) is 17.0 Å². The molecule has 0 aromatic heterocycles. The molecule has 0 aliphatic carbocycles. The van der Waals surface area contributed by atoms with Crippen molar-refractivity contribution in [3.63, 3.8) is 0 Å². The lowest BCUT2D eigenvalue weighted by molar-refractivity contribution is -0.137. The van der Waals surface area contributed by atoms with Gasteiger partial charge in [0.1, 0.15) is 5.54 Å². The fourth-order valence-electron chi connectivity index (χ4n) is 3.23. The molecule has 25 heavy (non-hydrogen) atoms. The molecular formula is C19H26N2O4. The van der Waals surface area contributed by atoms with Crippen LogP contribution in [0.5, 0.6) is 0 Å². The summed E-state index contributed by atoms with van der Waals surface area (Å²) in [5.41, 5.74) is -0.231. The van der Waals surface area contributed by atoms with Crippen LogP contribution in [0.1, 0.15) is 55.8 Å². The van der Waals surface area contributed by atoms with Crippen molar-refractivity contribution in [1.82, 2.24) is 10.2 Å². The number of unbranched alkanes of at least 4 members (excludes halogenated alkanes) is 2. The monoisotopic (exact) mass is 346 g/mol. The Balaban J connectivity index is 1.88. The molecule has 0 radical (unpaired) electrons. The highest BCUT2D eigenvalue weighted by Gasteiger charge is 2.45. The molecule has 1 heterocycles. The normalized spacial score (nSPS) is 19.6. The van der Waals surface area contributed by atoms with Crippen molar-refractivity contribution in [2.45, 2.75) is 51.0 Å². The molecule has 1 saturated heterocycles. The maximum absolute atomic E-state index is 12.7. The predicted molar refractivity (Wildman–Crippen MR) is 94.2 cm³/mol. The summed E-state index contributed by atoms with van der Waals surface area (Å²) in [7, 11) is 0. The zero-order valence-corrected chi connectivity index (χ0v) is 14.7. The first-order valence-corrected chi connectivity index (χ1v) is 8.82. The number of carbonyl (C=O) groups is 3. The van der Waals surface area contributed by atoms with Crippen LogP contribution in [-0.2, 0) is 9.59 Å². The molecule has 2 N–H and O–H groups in total. The number of hydrogen-bond donors (Lipinski definition) is 2. The van der Waals surface area contributed by atoms with Crippen LogP contribution in [-0.4, -0.2) is 46.4 Å². The number of amides is 2. The van der Waals surface area contributed by atoms with Gasteiger partial charge in [0.05, 0.1) is 0 Å². The summed E-state index contributed by atoms with van der Waals surface area (Å²) in [6.45, 7) is 2.90. The van der Waals surface area contributed by atoms with E-state index in [-0.39, 0.29) is 18.2 Å². The van der Waals surface area contributed by atoms with E-state index >= 15 is 0 Å². The molecule has 0 spiro atoms. The average Bonchev–Trinajstić information content (AvgIpc) is 3.00. The molecule has 6 heteroatoms. The molecule has 1 aliphatic heterocycles. The number of benzene rings is 1. The minimum Gasteiger partial charge on any atom is -0.481 e. The largest absolute Gasteiger partial charge is 0.481 e. The second-order valence-electron chi connectivity index (χ2n) is 6.66. The first-order valence-electron chi connectivity index (χ1n) is 8.82. The van der Waals surface area contributed by atoms with Crippen LogP contribution >= 0.6 is 0 Å². The van der Waals surface area contributed by atoms with E-state index in [4.69, 9.17) is 5.11 Å². The van der Waals surface area contributed by atoms with Gasteiger partial charge < -0.3 is 15.3 Å². The average molecular weight is 346 g/mol. The van der Waals surface area contributed by atoms with Gasteiger partial charge in [-0.1, -0.05) is 24.6 Å². The smallest absolute Gasteiger partial charge is 0.303 e. The fourth-order valence-corrected chi connectivity index (χ4v) is 3.23. The van der Waals surface area contributed by atoms with Gasteiger partial charge in [-0.25, -0.2) is 0 Å². The third-order valence-corrected chi connectivity index (χ3v) is 4.75. The summed E-state index contributed by atoms with van der Waals surface area (Å²) in [5.74, 6) is -1.04. The van der Waals surface area contributed by atoms with Crippen LogP contribution in [0.3, 0.4) is 0 Å². The standard InChI is InChI=1S/C19H26N2O4/c1-19(18(25)20-13-7-3-6-11-16(22)23)12-8-14-21(19)17(24)15-9-4-2-5-10-15/h2,4-5,9-10H,3,6-8,11-14H2,1H3,(H,20,25)(H,22,23). The number of rotatable bonds is 8. The van der Waals surface area contributed by atoms with Gasteiger partial charge in [0.2, 0.25) is 5.91 Å². The highest BCUT2D eigenvalue weighted by Crippen LogP contribution is 2.30. The van der Waals surface area contributed by atoms with Crippen LogP contribution in [0.4, 0.5) is 0 Å². The second kappa shape index (κ2) is 8.65. The van der Waals surface area contributed by atoms with E-state index in [2.05, 4.69) is 5.32 Å². The lowest BCUT2D eigenvalue weighted by Crippen LogP contribution is -2.55. The quantitative estimate of drug-likeness (QED) is 0.708. The van der Waals surface area contributed by atoms with E-state index in [1.165, 1.54) is 0 Å². The molecular weight excluding hydrogens is 320 g/mol. The van der Waals surface area contributed by atoms with Crippen LogP contribution < -0.4 is 5.32 Å². The second-order valence-corrected chi connectivity index (χ2v) is 6.66. The third kappa shape index (κ3) is 4.81. The molecule has 136 valence electrons. The van der Waals surface area contributed by atoms with Crippen molar-refractivity contribution < 1.29 is 19.5 Å². The van der Waals surface area contributed by atoms with Crippen molar-refractivity contribution in [2.24, 2.45) is 0 Å². The minimum atomic E-state index is -0.825. The summed E-state index contributed by atoms with van der Waals surface area (Å²) in [6.07, 6.45) is 3.72. The van der Waals surface area contributed by atoms with Crippen LogP contribution in [0.15, 0.2) is 30.3 Å². The molecule has 1 aromatic carbocycles. The number of likely N-dealkylation sites (tertiary alicyclic amines) is 1. The summed E-state index contributed by atoms with van der Waals surface area (Å²) >= 11 is 0. The lowest BCUT2D eigenvalue weighted by Gasteiger charge is -2.34. The van der Waals surface area contributed by atoms with Gasteiger partial charge in [0, 0.05) is 25.1 Å². The number of hydrogen-bond acceptors (Lipinski definition) is 3. The third-order valence-electron chi connectivity index (χ3n) is 4.75. The van der Waals surface area contributed by atoms with Gasteiger partial charge >= 0.3 is 5.97 Å². The van der Waals surface area contributed by atoms with E-state index in [0.717, 1.165) is 19.3 Å². The summed E-state index contributed by atoms with van der Waals surface area (Å²) in [6, 6.07) is 9.02. The Morgan fingerprint density at radius 2 is 1.88 bits per heavy atom. The SMILES string of the molecule is CC1(C(=O)NCCCCCC(=O)O)CCCN1C(=O)c1ccccc1. The fraction of sp³-hybridized carbons (Fsp3) is 0.526. The summed E-state index contributed by atoms with van der Waals surface area (Å²) in [4.78, 5) is 37.5. The Labute approximate surface area is 148 Å². The Morgan fingerprint density at radius 1 is 1.16 bits per heavy atom. The molecule has 1 unspecified atom stereocenters. The number of carbonyl (C=O) groups excluding carboxylic acids is 2. The highest BCUT2D eigenvalue weighted by molar-refractivity contribution is 5.99. The van der Waals surface area contributed by atoms with Gasteiger partial charge in [-0.05, 0) is 44.7 Å². The Hall–Kier alpha value is -2.37. The number of carboxylic acid groups (broad SMARTS) is 1. The van der Waals surface area contributed by atoms with E-state index < -0.39 is 11.5 Å². The highest BCUT2D eigenvalue weighted by atomic mass is 16.4. The maximum atomic E-state index is 12.7. The summed E-state index contributed by atoms with van der Waals surface area (Å²) < 4.78 is 0. The number of nitrogens with one attached hydrogen (secondary N) is 1. The predicted octanol–water partition coefficient (Wildman–Crippen LogP) is 2.44. The van der Waals surface area contributed by atoms with Crippen LogP contribution in [0, 0.1) is 0 Å². The zero-order valence-electron chi connectivity index (χ0n) is 14.7. The lowest BCUT2D eigenvalue weighted by atomic mass is 9.96. The zero-order chi connectivity index (χ0) is 18.3. The maximum Gasteiger partial charge on any atom is 0.303 e. The van der Waals surface area contributed by atoms with Gasteiger partial charge in [0.15, 0.2) is 0 Å². The van der Waals surface area contributed by atoms with Gasteiger partial charge in [-0.15, -0.1) is 0 Å². The topological polar surface area (TPSA) is 86.7 Å². The van der Waals surface area contributed by atoms with E-state index in [1.807, 2.05) is 25.1 Å². The van der Waals surface area contributed by atoms with Gasteiger partial charge in [0.25, 0.3) is 5.91 Å². The van der Waals surface area contributed by atoms with Crippen LogP contribution in [0.25, 0.3) is 0 Å². The van der Waals surface area contributed by atoms with Crippen molar-refractivity contribution >= 4 is 17.8 Å².